The van der Waals surface area contributed by atoms with Gasteiger partial charge in [0.25, 0.3) is 0 Å². The molecule has 0 aliphatic heterocycles. The summed E-state index contributed by atoms with van der Waals surface area (Å²) < 4.78 is 17.7. The predicted molar refractivity (Wildman–Crippen MR) is 117 cm³/mol. The first-order chi connectivity index (χ1) is 14.0. The van der Waals surface area contributed by atoms with E-state index >= 15 is 0 Å². The number of carbonyl (C=O) groups is 1. The molecule has 4 nitrogen and oxygen atoms in total. The molecule has 0 saturated carbocycles. The normalized spacial score (nSPS) is 10.6. The van der Waals surface area contributed by atoms with Gasteiger partial charge in [-0.2, -0.15) is 0 Å². The van der Waals surface area contributed by atoms with Crippen LogP contribution in [0.5, 0.6) is 5.75 Å². The Hall–Kier alpha value is -2.70. The SMILES string of the molecule is Cc1cc(Cl)c(O)c(SNc2ccc(F)c(-c3ccccc3CCNC=O)c2)c1. The fraction of sp³-hybridized carbons (Fsp3) is 0.136. The molecule has 3 aromatic carbocycles. The predicted octanol–water partition coefficient (Wildman–Crippen LogP) is 5.57. The van der Waals surface area contributed by atoms with Gasteiger partial charge in [0.05, 0.1) is 9.92 Å². The van der Waals surface area contributed by atoms with Crippen molar-refractivity contribution in [2.45, 2.75) is 18.2 Å². The molecule has 29 heavy (non-hydrogen) atoms. The van der Waals surface area contributed by atoms with Gasteiger partial charge >= 0.3 is 0 Å². The maximum absolute atomic E-state index is 14.6. The van der Waals surface area contributed by atoms with Crippen LogP contribution in [0.1, 0.15) is 11.1 Å². The summed E-state index contributed by atoms with van der Waals surface area (Å²) in [7, 11) is 0. The highest BCUT2D eigenvalue weighted by Crippen LogP contribution is 2.37. The highest BCUT2D eigenvalue weighted by Gasteiger charge is 2.12. The molecule has 0 unspecified atom stereocenters. The Morgan fingerprint density at radius 1 is 1.14 bits per heavy atom. The van der Waals surface area contributed by atoms with Gasteiger partial charge < -0.3 is 15.1 Å². The van der Waals surface area contributed by atoms with Gasteiger partial charge in [-0.25, -0.2) is 4.39 Å². The highest BCUT2D eigenvalue weighted by molar-refractivity contribution is 8.00. The van der Waals surface area contributed by atoms with E-state index in [1.54, 1.807) is 18.2 Å². The third-order valence-corrected chi connectivity index (χ3v) is 5.50. The van der Waals surface area contributed by atoms with Crippen LogP contribution in [0, 0.1) is 12.7 Å². The summed E-state index contributed by atoms with van der Waals surface area (Å²) in [6.45, 7) is 2.37. The van der Waals surface area contributed by atoms with E-state index in [-0.39, 0.29) is 16.6 Å². The molecule has 3 rings (SSSR count). The number of halogens is 2. The number of hydrogen-bond acceptors (Lipinski definition) is 4. The van der Waals surface area contributed by atoms with Gasteiger partial charge in [0, 0.05) is 17.8 Å². The van der Waals surface area contributed by atoms with Gasteiger partial charge in [-0.1, -0.05) is 35.9 Å². The minimum Gasteiger partial charge on any atom is -0.505 e. The zero-order valence-corrected chi connectivity index (χ0v) is 17.3. The number of carbonyl (C=O) groups excluding carboxylic acids is 1. The Bertz CT molecular complexity index is 1030. The molecule has 0 bridgehead atoms. The molecule has 0 fully saturated rings. The van der Waals surface area contributed by atoms with Crippen LogP contribution < -0.4 is 10.0 Å². The Balaban J connectivity index is 1.85. The molecule has 0 spiro atoms. The monoisotopic (exact) mass is 430 g/mol. The van der Waals surface area contributed by atoms with Crippen LogP contribution >= 0.6 is 23.5 Å². The molecule has 0 heterocycles. The van der Waals surface area contributed by atoms with Crippen LogP contribution in [0.2, 0.25) is 5.02 Å². The number of benzene rings is 3. The molecular weight excluding hydrogens is 411 g/mol. The van der Waals surface area contributed by atoms with E-state index < -0.39 is 0 Å². The number of amides is 1. The lowest BCUT2D eigenvalue weighted by Crippen LogP contribution is -2.14. The van der Waals surface area contributed by atoms with Crippen LogP contribution in [0.15, 0.2) is 59.5 Å². The van der Waals surface area contributed by atoms with Gasteiger partial charge in [-0.3, -0.25) is 4.79 Å². The van der Waals surface area contributed by atoms with Crippen molar-refractivity contribution in [1.29, 1.82) is 0 Å². The Morgan fingerprint density at radius 2 is 1.93 bits per heavy atom. The quantitative estimate of drug-likeness (QED) is 0.248. The molecule has 0 aromatic heterocycles. The van der Waals surface area contributed by atoms with Crippen LogP contribution in [0.25, 0.3) is 11.1 Å². The summed E-state index contributed by atoms with van der Waals surface area (Å²) in [5, 5.41) is 13.0. The van der Waals surface area contributed by atoms with Crippen LogP contribution in [0.4, 0.5) is 10.1 Å². The van der Waals surface area contributed by atoms with E-state index in [1.807, 2.05) is 37.3 Å². The first-order valence-electron chi connectivity index (χ1n) is 8.96. The number of phenolic OH excluding ortho intramolecular Hbond substituents is 1. The van der Waals surface area contributed by atoms with Gasteiger partial charge in [-0.05, 0) is 72.3 Å². The third kappa shape index (κ3) is 5.22. The molecule has 0 aliphatic rings. The summed E-state index contributed by atoms with van der Waals surface area (Å²) >= 11 is 7.23. The summed E-state index contributed by atoms with van der Waals surface area (Å²) in [4.78, 5) is 11.1. The van der Waals surface area contributed by atoms with Gasteiger partial charge in [0.1, 0.15) is 11.6 Å². The Kier molecular flexibility index (Phi) is 7.01. The molecular formula is C22H20ClFN2O2S. The van der Waals surface area contributed by atoms with Crippen molar-refractivity contribution in [2.24, 2.45) is 0 Å². The van der Waals surface area contributed by atoms with Crippen LogP contribution in [-0.4, -0.2) is 18.1 Å². The number of aryl methyl sites for hydroxylation is 1. The third-order valence-electron chi connectivity index (χ3n) is 4.35. The minimum atomic E-state index is -0.335. The van der Waals surface area contributed by atoms with Gasteiger partial charge in [0.15, 0.2) is 0 Å². The van der Waals surface area contributed by atoms with Crippen molar-refractivity contribution in [3.8, 4) is 16.9 Å². The maximum Gasteiger partial charge on any atom is 0.207 e. The van der Waals surface area contributed by atoms with Crippen molar-refractivity contribution in [3.63, 3.8) is 0 Å². The van der Waals surface area contributed by atoms with Crippen LogP contribution in [-0.2, 0) is 11.2 Å². The second-order valence-corrected chi connectivity index (χ2v) is 7.73. The highest BCUT2D eigenvalue weighted by atomic mass is 35.5. The maximum atomic E-state index is 14.6. The van der Waals surface area contributed by atoms with E-state index in [9.17, 15) is 14.3 Å². The fourth-order valence-electron chi connectivity index (χ4n) is 2.96. The van der Waals surface area contributed by atoms with Crippen molar-refractivity contribution in [2.75, 3.05) is 11.3 Å². The topological polar surface area (TPSA) is 61.4 Å². The Labute approximate surface area is 178 Å². The molecule has 0 aliphatic carbocycles. The molecule has 0 saturated heterocycles. The molecule has 0 atom stereocenters. The largest absolute Gasteiger partial charge is 0.505 e. The number of phenols is 1. The zero-order valence-electron chi connectivity index (χ0n) is 15.7. The van der Waals surface area contributed by atoms with Crippen molar-refractivity contribution >= 4 is 35.6 Å². The van der Waals surface area contributed by atoms with E-state index in [1.165, 1.54) is 18.0 Å². The van der Waals surface area contributed by atoms with Crippen LogP contribution in [0.3, 0.4) is 0 Å². The molecule has 0 radical (unpaired) electrons. The number of nitrogens with one attached hydrogen (secondary N) is 2. The number of anilines is 1. The summed E-state index contributed by atoms with van der Waals surface area (Å²) in [5.74, 6) is -0.331. The molecule has 7 heteroatoms. The average Bonchev–Trinajstić information content (AvgIpc) is 2.71. The standard InChI is InChI=1S/C22H20ClFN2O2S/c1-14-10-19(23)22(28)21(11-14)29-26-16-6-7-20(24)18(12-16)17-5-3-2-4-15(17)8-9-25-13-27/h2-7,10-13,26,28H,8-9H2,1H3,(H,25,27). The number of hydrogen-bond donors (Lipinski definition) is 3. The molecule has 3 N–H and O–H groups in total. The smallest absolute Gasteiger partial charge is 0.207 e. The Morgan fingerprint density at radius 3 is 2.72 bits per heavy atom. The van der Waals surface area contributed by atoms with Gasteiger partial charge in [-0.15, -0.1) is 0 Å². The second kappa shape index (κ2) is 9.67. The zero-order chi connectivity index (χ0) is 20.8. The van der Waals surface area contributed by atoms with Crippen molar-refractivity contribution in [1.82, 2.24) is 5.32 Å². The van der Waals surface area contributed by atoms with E-state index in [2.05, 4.69) is 10.0 Å². The van der Waals surface area contributed by atoms with E-state index in [0.717, 1.165) is 16.7 Å². The fourth-order valence-corrected chi connectivity index (χ4v) is 4.09. The lowest BCUT2D eigenvalue weighted by atomic mass is 9.97. The number of rotatable bonds is 8. The first kappa shape index (κ1) is 21.0. The summed E-state index contributed by atoms with van der Waals surface area (Å²) in [6, 6.07) is 15.8. The minimum absolute atomic E-state index is 0.00475. The molecule has 3 aromatic rings. The molecule has 150 valence electrons. The van der Waals surface area contributed by atoms with Crippen molar-refractivity contribution in [3.05, 3.63) is 76.6 Å². The van der Waals surface area contributed by atoms with E-state index in [0.29, 0.717) is 35.5 Å². The lowest BCUT2D eigenvalue weighted by molar-refractivity contribution is -0.109. The second-order valence-electron chi connectivity index (χ2n) is 6.47. The summed E-state index contributed by atoms with van der Waals surface area (Å²) in [6.07, 6.45) is 1.24. The molecule has 1 amide bonds. The van der Waals surface area contributed by atoms with Gasteiger partial charge in [0.2, 0.25) is 6.41 Å². The van der Waals surface area contributed by atoms with Crippen molar-refractivity contribution < 1.29 is 14.3 Å². The first-order valence-corrected chi connectivity index (χ1v) is 10.2. The average molecular weight is 431 g/mol. The summed E-state index contributed by atoms with van der Waals surface area (Å²) in [5.41, 5.74) is 3.78. The lowest BCUT2D eigenvalue weighted by Gasteiger charge is -2.13. The van der Waals surface area contributed by atoms with E-state index in [4.69, 9.17) is 11.6 Å². The number of aromatic hydroxyl groups is 1.